The molecular formula is C11H17NOS. The van der Waals surface area contributed by atoms with E-state index >= 15 is 0 Å². The Bertz CT molecular complexity index is 275. The van der Waals surface area contributed by atoms with E-state index in [1.807, 2.05) is 24.4 Å². The molecule has 0 aromatic carbocycles. The molecular weight excluding hydrogens is 194 g/mol. The summed E-state index contributed by atoms with van der Waals surface area (Å²) in [5.74, 6) is 0.405. The minimum Gasteiger partial charge on any atom is -0.384 e. The number of aliphatic hydroxyl groups is 1. The van der Waals surface area contributed by atoms with Crippen molar-refractivity contribution in [1.82, 2.24) is 5.32 Å². The third kappa shape index (κ3) is 1.85. The van der Waals surface area contributed by atoms with E-state index < -0.39 is 5.60 Å². The van der Waals surface area contributed by atoms with Gasteiger partial charge in [0.05, 0.1) is 5.60 Å². The number of piperidine rings is 1. The molecule has 0 amide bonds. The highest BCUT2D eigenvalue weighted by atomic mass is 32.1. The lowest BCUT2D eigenvalue weighted by Gasteiger charge is -2.35. The highest BCUT2D eigenvalue weighted by Gasteiger charge is 2.34. The SMILES string of the molecule is CC(O)(c1cccs1)C1CCNCC1. The maximum atomic E-state index is 10.5. The van der Waals surface area contributed by atoms with E-state index in [1.165, 1.54) is 0 Å². The Kier molecular flexibility index (Phi) is 2.91. The van der Waals surface area contributed by atoms with E-state index in [0.717, 1.165) is 30.8 Å². The van der Waals surface area contributed by atoms with Crippen LogP contribution in [0.15, 0.2) is 17.5 Å². The minimum atomic E-state index is -0.629. The fraction of sp³-hybridized carbons (Fsp3) is 0.636. The van der Waals surface area contributed by atoms with Gasteiger partial charge in [-0.25, -0.2) is 0 Å². The average Bonchev–Trinajstić information content (AvgIpc) is 2.72. The van der Waals surface area contributed by atoms with Gasteiger partial charge in [0, 0.05) is 4.88 Å². The molecule has 14 heavy (non-hydrogen) atoms. The van der Waals surface area contributed by atoms with Crippen molar-refractivity contribution in [2.75, 3.05) is 13.1 Å². The Labute approximate surface area is 89.0 Å². The van der Waals surface area contributed by atoms with Crippen molar-refractivity contribution >= 4 is 11.3 Å². The topological polar surface area (TPSA) is 32.3 Å². The van der Waals surface area contributed by atoms with Crippen molar-refractivity contribution in [2.45, 2.75) is 25.4 Å². The maximum Gasteiger partial charge on any atom is 0.0988 e. The van der Waals surface area contributed by atoms with Crippen LogP contribution in [0.2, 0.25) is 0 Å². The molecule has 1 aromatic rings. The largest absolute Gasteiger partial charge is 0.384 e. The monoisotopic (exact) mass is 211 g/mol. The van der Waals surface area contributed by atoms with Gasteiger partial charge < -0.3 is 10.4 Å². The van der Waals surface area contributed by atoms with E-state index in [-0.39, 0.29) is 0 Å². The van der Waals surface area contributed by atoms with Crippen LogP contribution >= 0.6 is 11.3 Å². The quantitative estimate of drug-likeness (QED) is 0.783. The lowest BCUT2D eigenvalue weighted by Crippen LogP contribution is -2.39. The lowest BCUT2D eigenvalue weighted by atomic mass is 9.81. The summed E-state index contributed by atoms with van der Waals surface area (Å²) < 4.78 is 0. The first-order chi connectivity index (χ1) is 6.71. The van der Waals surface area contributed by atoms with Gasteiger partial charge in [0.25, 0.3) is 0 Å². The summed E-state index contributed by atoms with van der Waals surface area (Å²) in [5.41, 5.74) is -0.629. The number of thiophene rings is 1. The molecule has 3 heteroatoms. The molecule has 0 saturated carbocycles. The van der Waals surface area contributed by atoms with Gasteiger partial charge in [-0.3, -0.25) is 0 Å². The van der Waals surface area contributed by atoms with Crippen molar-refractivity contribution in [3.63, 3.8) is 0 Å². The fourth-order valence-electron chi connectivity index (χ4n) is 2.15. The van der Waals surface area contributed by atoms with Crippen LogP contribution in [0.25, 0.3) is 0 Å². The Hall–Kier alpha value is -0.380. The zero-order chi connectivity index (χ0) is 10.0. The van der Waals surface area contributed by atoms with Crippen LogP contribution in [0.5, 0.6) is 0 Å². The van der Waals surface area contributed by atoms with Crippen LogP contribution in [-0.2, 0) is 5.60 Å². The number of hydrogen-bond acceptors (Lipinski definition) is 3. The molecule has 1 aliphatic rings. The van der Waals surface area contributed by atoms with Gasteiger partial charge in [-0.1, -0.05) is 6.07 Å². The molecule has 2 nitrogen and oxygen atoms in total. The van der Waals surface area contributed by atoms with Crippen molar-refractivity contribution in [3.8, 4) is 0 Å². The Morgan fingerprint density at radius 1 is 1.50 bits per heavy atom. The molecule has 1 atom stereocenters. The smallest absolute Gasteiger partial charge is 0.0988 e. The minimum absolute atomic E-state index is 0.405. The van der Waals surface area contributed by atoms with Crippen LogP contribution < -0.4 is 5.32 Å². The first-order valence-electron chi connectivity index (χ1n) is 5.18. The number of hydrogen-bond donors (Lipinski definition) is 2. The predicted molar refractivity (Wildman–Crippen MR) is 59.5 cm³/mol. The van der Waals surface area contributed by atoms with Crippen molar-refractivity contribution < 1.29 is 5.11 Å². The first kappa shape index (κ1) is 10.1. The highest BCUT2D eigenvalue weighted by Crippen LogP contribution is 2.36. The molecule has 2 heterocycles. The third-order valence-corrected chi connectivity index (χ3v) is 4.25. The van der Waals surface area contributed by atoms with E-state index in [1.54, 1.807) is 11.3 Å². The summed E-state index contributed by atoms with van der Waals surface area (Å²) in [5, 5.41) is 15.8. The Balaban J connectivity index is 2.14. The zero-order valence-electron chi connectivity index (χ0n) is 8.49. The van der Waals surface area contributed by atoms with Gasteiger partial charge >= 0.3 is 0 Å². The van der Waals surface area contributed by atoms with Crippen LogP contribution in [0.4, 0.5) is 0 Å². The molecule has 78 valence electrons. The second kappa shape index (κ2) is 4.01. The Morgan fingerprint density at radius 3 is 2.79 bits per heavy atom. The van der Waals surface area contributed by atoms with Crippen LogP contribution in [0.1, 0.15) is 24.6 Å². The zero-order valence-corrected chi connectivity index (χ0v) is 9.31. The maximum absolute atomic E-state index is 10.5. The summed E-state index contributed by atoms with van der Waals surface area (Å²) in [7, 11) is 0. The highest BCUT2D eigenvalue weighted by molar-refractivity contribution is 7.10. The van der Waals surface area contributed by atoms with Crippen molar-refractivity contribution in [3.05, 3.63) is 22.4 Å². The van der Waals surface area contributed by atoms with Crippen LogP contribution in [-0.4, -0.2) is 18.2 Å². The number of rotatable bonds is 2. The molecule has 0 bridgehead atoms. The van der Waals surface area contributed by atoms with Crippen molar-refractivity contribution in [2.24, 2.45) is 5.92 Å². The second-order valence-electron chi connectivity index (χ2n) is 4.15. The molecule has 0 aliphatic carbocycles. The van der Waals surface area contributed by atoms with Gasteiger partial charge in [-0.05, 0) is 50.2 Å². The van der Waals surface area contributed by atoms with E-state index in [9.17, 15) is 5.11 Å². The summed E-state index contributed by atoms with van der Waals surface area (Å²) in [6.07, 6.45) is 2.15. The first-order valence-corrected chi connectivity index (χ1v) is 6.06. The van der Waals surface area contributed by atoms with Gasteiger partial charge in [0.2, 0.25) is 0 Å². The van der Waals surface area contributed by atoms with Crippen molar-refractivity contribution in [1.29, 1.82) is 0 Å². The van der Waals surface area contributed by atoms with Crippen LogP contribution in [0.3, 0.4) is 0 Å². The van der Waals surface area contributed by atoms with Gasteiger partial charge in [0.15, 0.2) is 0 Å². The molecule has 0 spiro atoms. The summed E-state index contributed by atoms with van der Waals surface area (Å²) in [6.45, 7) is 4.02. The third-order valence-electron chi connectivity index (χ3n) is 3.15. The molecule has 1 fully saturated rings. The molecule has 1 aliphatic heterocycles. The fourth-order valence-corrected chi connectivity index (χ4v) is 3.02. The second-order valence-corrected chi connectivity index (χ2v) is 5.10. The van der Waals surface area contributed by atoms with E-state index in [2.05, 4.69) is 5.32 Å². The van der Waals surface area contributed by atoms with Crippen LogP contribution in [0, 0.1) is 5.92 Å². The lowest BCUT2D eigenvalue weighted by molar-refractivity contribution is -0.0153. The molecule has 1 unspecified atom stereocenters. The normalized spacial score (nSPS) is 23.3. The molecule has 2 rings (SSSR count). The van der Waals surface area contributed by atoms with Gasteiger partial charge in [0.1, 0.15) is 0 Å². The van der Waals surface area contributed by atoms with E-state index in [0.29, 0.717) is 5.92 Å². The molecule has 0 radical (unpaired) electrons. The van der Waals surface area contributed by atoms with E-state index in [4.69, 9.17) is 0 Å². The summed E-state index contributed by atoms with van der Waals surface area (Å²) in [4.78, 5) is 1.10. The summed E-state index contributed by atoms with van der Waals surface area (Å²) >= 11 is 1.65. The number of nitrogens with one attached hydrogen (secondary N) is 1. The van der Waals surface area contributed by atoms with Gasteiger partial charge in [-0.2, -0.15) is 0 Å². The standard InChI is InChI=1S/C11H17NOS/c1-11(13,10-3-2-8-14-10)9-4-6-12-7-5-9/h2-3,8-9,12-13H,4-7H2,1H3. The summed E-state index contributed by atoms with van der Waals surface area (Å²) in [6, 6.07) is 4.04. The molecule has 1 aromatic heterocycles. The Morgan fingerprint density at radius 2 is 2.21 bits per heavy atom. The average molecular weight is 211 g/mol. The molecule has 1 saturated heterocycles. The molecule has 2 N–H and O–H groups in total. The van der Waals surface area contributed by atoms with Gasteiger partial charge in [-0.15, -0.1) is 11.3 Å². The predicted octanol–water partition coefficient (Wildman–Crippen LogP) is 1.96.